The Morgan fingerprint density at radius 3 is 2.48 bits per heavy atom. The number of nitrogens with two attached hydrogens (primary N) is 1. The van der Waals surface area contributed by atoms with Crippen LogP contribution in [0, 0.1) is 5.92 Å². The molecule has 0 saturated heterocycles. The molecule has 0 bridgehead atoms. The summed E-state index contributed by atoms with van der Waals surface area (Å²) in [6.45, 7) is 2.42. The van der Waals surface area contributed by atoms with Crippen molar-refractivity contribution in [2.24, 2.45) is 11.7 Å². The van der Waals surface area contributed by atoms with Crippen LogP contribution in [0.5, 0.6) is 5.75 Å². The van der Waals surface area contributed by atoms with Crippen molar-refractivity contribution in [3.05, 3.63) is 65.7 Å². The van der Waals surface area contributed by atoms with Crippen molar-refractivity contribution >= 4 is 5.91 Å². The Morgan fingerprint density at radius 1 is 1.13 bits per heavy atom. The van der Waals surface area contributed by atoms with E-state index in [1.54, 1.807) is 7.11 Å². The number of amides is 1. The number of para-hydroxylation sites is 1. The molecule has 1 amide bonds. The molecular weight excluding hydrogens is 288 g/mol. The first-order valence-electron chi connectivity index (χ1n) is 7.83. The van der Waals surface area contributed by atoms with Crippen LogP contribution in [0.3, 0.4) is 0 Å². The second kappa shape index (κ2) is 8.34. The third-order valence-electron chi connectivity index (χ3n) is 4.02. The van der Waals surface area contributed by atoms with Gasteiger partial charge in [-0.15, -0.1) is 0 Å². The van der Waals surface area contributed by atoms with Crippen LogP contribution in [0.15, 0.2) is 54.6 Å². The van der Waals surface area contributed by atoms with Gasteiger partial charge in [0.05, 0.1) is 13.0 Å². The average molecular weight is 312 g/mol. The maximum atomic E-state index is 12.3. The van der Waals surface area contributed by atoms with E-state index in [4.69, 9.17) is 10.5 Å². The Kier molecular flexibility index (Phi) is 6.18. The molecule has 0 aliphatic carbocycles. The molecule has 0 radical (unpaired) electrons. The molecule has 3 N–H and O–H groups in total. The number of nitrogens with one attached hydrogen (secondary N) is 1. The number of rotatable bonds is 7. The quantitative estimate of drug-likeness (QED) is 0.826. The summed E-state index contributed by atoms with van der Waals surface area (Å²) in [6.07, 6.45) is 0.725. The molecule has 23 heavy (non-hydrogen) atoms. The van der Waals surface area contributed by atoms with E-state index in [1.165, 1.54) is 0 Å². The molecule has 0 aromatic heterocycles. The van der Waals surface area contributed by atoms with Gasteiger partial charge in [0, 0.05) is 12.6 Å². The van der Waals surface area contributed by atoms with E-state index in [-0.39, 0.29) is 17.9 Å². The molecule has 2 rings (SSSR count). The molecule has 122 valence electrons. The number of ether oxygens (including phenoxy) is 1. The van der Waals surface area contributed by atoms with Crippen molar-refractivity contribution in [3.63, 3.8) is 0 Å². The molecule has 2 aromatic rings. The summed E-state index contributed by atoms with van der Waals surface area (Å²) in [4.78, 5) is 12.3. The lowest BCUT2D eigenvalue weighted by Gasteiger charge is -2.20. The number of hydrogen-bond acceptors (Lipinski definition) is 3. The molecular formula is C19H24N2O2. The highest BCUT2D eigenvalue weighted by Gasteiger charge is 2.21. The van der Waals surface area contributed by atoms with Crippen molar-refractivity contribution < 1.29 is 9.53 Å². The first kappa shape index (κ1) is 17.0. The van der Waals surface area contributed by atoms with Crippen molar-refractivity contribution in [1.82, 2.24) is 5.32 Å². The first-order valence-corrected chi connectivity index (χ1v) is 7.83. The number of methoxy groups -OCH3 is 1. The van der Waals surface area contributed by atoms with E-state index in [1.807, 2.05) is 61.5 Å². The fourth-order valence-corrected chi connectivity index (χ4v) is 2.52. The Balaban J connectivity index is 1.87. The van der Waals surface area contributed by atoms with Gasteiger partial charge in [0.25, 0.3) is 0 Å². The minimum atomic E-state index is -0.303. The molecule has 4 heteroatoms. The minimum absolute atomic E-state index is 0.0312. The van der Waals surface area contributed by atoms with E-state index in [0.717, 1.165) is 23.3 Å². The van der Waals surface area contributed by atoms with Gasteiger partial charge in [-0.25, -0.2) is 0 Å². The van der Waals surface area contributed by atoms with Gasteiger partial charge in [-0.1, -0.05) is 55.5 Å². The van der Waals surface area contributed by atoms with Gasteiger partial charge in [0.15, 0.2) is 0 Å². The van der Waals surface area contributed by atoms with Crippen LogP contribution in [0.1, 0.15) is 24.1 Å². The lowest BCUT2D eigenvalue weighted by molar-refractivity contribution is -0.125. The number of hydrogen-bond donors (Lipinski definition) is 2. The fraction of sp³-hybridized carbons (Fsp3) is 0.316. The summed E-state index contributed by atoms with van der Waals surface area (Å²) < 4.78 is 5.31. The van der Waals surface area contributed by atoms with E-state index < -0.39 is 0 Å². The van der Waals surface area contributed by atoms with E-state index in [2.05, 4.69) is 5.32 Å². The Morgan fingerprint density at radius 2 is 1.78 bits per heavy atom. The summed E-state index contributed by atoms with van der Waals surface area (Å²) in [6, 6.07) is 17.2. The lowest BCUT2D eigenvalue weighted by Crippen LogP contribution is -2.36. The van der Waals surface area contributed by atoms with Gasteiger partial charge in [0.1, 0.15) is 5.75 Å². The third kappa shape index (κ3) is 4.57. The summed E-state index contributed by atoms with van der Waals surface area (Å²) in [7, 11) is 1.65. The molecule has 0 fully saturated rings. The minimum Gasteiger partial charge on any atom is -0.496 e. The smallest absolute Gasteiger partial charge is 0.224 e. The summed E-state index contributed by atoms with van der Waals surface area (Å²) in [5, 5.41) is 2.96. The zero-order valence-electron chi connectivity index (χ0n) is 13.7. The van der Waals surface area contributed by atoms with Gasteiger partial charge in [-0.3, -0.25) is 4.79 Å². The number of benzene rings is 2. The second-order valence-electron chi connectivity index (χ2n) is 5.58. The Labute approximate surface area is 137 Å². The molecule has 2 aromatic carbocycles. The predicted molar refractivity (Wildman–Crippen MR) is 92.2 cm³/mol. The van der Waals surface area contributed by atoms with Gasteiger partial charge >= 0.3 is 0 Å². The molecule has 0 aliphatic rings. The zero-order valence-corrected chi connectivity index (χ0v) is 13.7. The molecule has 0 aliphatic heterocycles. The SMILES string of the molecule is COc1ccccc1CCNC(=O)C(C)C(N)c1ccccc1. The van der Waals surface area contributed by atoms with Crippen LogP contribution in [-0.4, -0.2) is 19.6 Å². The molecule has 0 spiro atoms. The van der Waals surface area contributed by atoms with Gasteiger partial charge in [0.2, 0.25) is 5.91 Å². The van der Waals surface area contributed by atoms with Crippen molar-refractivity contribution in [2.75, 3.05) is 13.7 Å². The van der Waals surface area contributed by atoms with Crippen LogP contribution < -0.4 is 15.8 Å². The van der Waals surface area contributed by atoms with Gasteiger partial charge < -0.3 is 15.8 Å². The lowest BCUT2D eigenvalue weighted by atomic mass is 9.94. The standard InChI is InChI=1S/C19H24N2O2/c1-14(18(20)16-9-4-3-5-10-16)19(22)21-13-12-15-8-6-7-11-17(15)23-2/h3-11,14,18H,12-13,20H2,1-2H3,(H,21,22). The highest BCUT2D eigenvalue weighted by Crippen LogP contribution is 2.20. The highest BCUT2D eigenvalue weighted by molar-refractivity contribution is 5.79. The maximum Gasteiger partial charge on any atom is 0.224 e. The maximum absolute atomic E-state index is 12.3. The summed E-state index contributed by atoms with van der Waals surface area (Å²) >= 11 is 0. The molecule has 0 saturated carbocycles. The molecule has 2 atom stereocenters. The van der Waals surface area contributed by atoms with Crippen molar-refractivity contribution in [3.8, 4) is 5.75 Å². The molecule has 2 unspecified atom stereocenters. The first-order chi connectivity index (χ1) is 11.1. The van der Waals surface area contributed by atoms with Gasteiger partial charge in [-0.05, 0) is 23.6 Å². The van der Waals surface area contributed by atoms with Crippen LogP contribution >= 0.6 is 0 Å². The number of carbonyl (C=O) groups is 1. The average Bonchev–Trinajstić information content (AvgIpc) is 2.61. The molecule has 0 heterocycles. The Hall–Kier alpha value is -2.33. The Bertz CT molecular complexity index is 628. The summed E-state index contributed by atoms with van der Waals surface area (Å²) in [5.74, 6) is 0.530. The van der Waals surface area contributed by atoms with Gasteiger partial charge in [-0.2, -0.15) is 0 Å². The molecule has 4 nitrogen and oxygen atoms in total. The van der Waals surface area contributed by atoms with E-state index in [9.17, 15) is 4.79 Å². The third-order valence-corrected chi connectivity index (χ3v) is 4.02. The van der Waals surface area contributed by atoms with E-state index in [0.29, 0.717) is 6.54 Å². The normalized spacial score (nSPS) is 13.2. The van der Waals surface area contributed by atoms with Crippen LogP contribution in [0.25, 0.3) is 0 Å². The second-order valence-corrected chi connectivity index (χ2v) is 5.58. The van der Waals surface area contributed by atoms with E-state index >= 15 is 0 Å². The fourth-order valence-electron chi connectivity index (χ4n) is 2.52. The monoisotopic (exact) mass is 312 g/mol. The number of carbonyl (C=O) groups excluding carboxylic acids is 1. The van der Waals surface area contributed by atoms with Crippen molar-refractivity contribution in [1.29, 1.82) is 0 Å². The predicted octanol–water partition coefficient (Wildman–Crippen LogP) is 2.69. The summed E-state index contributed by atoms with van der Waals surface area (Å²) in [5.41, 5.74) is 8.24. The van der Waals surface area contributed by atoms with Crippen LogP contribution in [0.2, 0.25) is 0 Å². The zero-order chi connectivity index (χ0) is 16.7. The van der Waals surface area contributed by atoms with Crippen LogP contribution in [0.4, 0.5) is 0 Å². The highest BCUT2D eigenvalue weighted by atomic mass is 16.5. The van der Waals surface area contributed by atoms with Crippen molar-refractivity contribution in [2.45, 2.75) is 19.4 Å². The largest absolute Gasteiger partial charge is 0.496 e. The topological polar surface area (TPSA) is 64.3 Å². The van der Waals surface area contributed by atoms with Crippen LogP contribution in [-0.2, 0) is 11.2 Å².